The molecule has 1 N–H and O–H groups in total. The summed E-state index contributed by atoms with van der Waals surface area (Å²) in [6.07, 6.45) is -6.50. The van der Waals surface area contributed by atoms with E-state index in [2.05, 4.69) is 25.9 Å². The molecule has 2 atom stereocenters. The topological polar surface area (TPSA) is 69.6 Å². The van der Waals surface area contributed by atoms with E-state index in [1.165, 1.54) is 17.3 Å². The zero-order valence-corrected chi connectivity index (χ0v) is 21.0. The van der Waals surface area contributed by atoms with Crippen molar-refractivity contribution in [3.05, 3.63) is 51.8 Å². The van der Waals surface area contributed by atoms with Crippen LogP contribution in [0.1, 0.15) is 56.2 Å². The number of aromatic nitrogens is 2. The smallest absolute Gasteiger partial charge is 0.416 e. The molecule has 0 aliphatic carbocycles. The van der Waals surface area contributed by atoms with Crippen molar-refractivity contribution in [2.75, 3.05) is 4.90 Å². The summed E-state index contributed by atoms with van der Waals surface area (Å²) in [6.45, 7) is 3.34. The zero-order chi connectivity index (χ0) is 26.8. The van der Waals surface area contributed by atoms with Gasteiger partial charge in [0.05, 0.1) is 15.6 Å². The maximum atomic E-state index is 13.4. The average Bonchev–Trinajstić information content (AvgIpc) is 2.80. The first-order chi connectivity index (χ1) is 16.7. The summed E-state index contributed by atoms with van der Waals surface area (Å²) >= 11 is 3.22. The highest BCUT2D eigenvalue weighted by molar-refractivity contribution is 9.10. The lowest BCUT2D eigenvalue weighted by Crippen LogP contribution is -2.56. The van der Waals surface area contributed by atoms with Gasteiger partial charge in [0.15, 0.2) is 0 Å². The Bertz CT molecular complexity index is 1020. The number of amides is 1. The highest BCUT2D eigenvalue weighted by atomic mass is 79.9. The van der Waals surface area contributed by atoms with Gasteiger partial charge in [-0.2, -0.15) is 26.3 Å². The summed E-state index contributed by atoms with van der Waals surface area (Å²) in [5.41, 5.74) is -3.00. The van der Waals surface area contributed by atoms with Gasteiger partial charge in [0.2, 0.25) is 5.95 Å². The lowest BCUT2D eigenvalue weighted by atomic mass is 9.87. The summed E-state index contributed by atoms with van der Waals surface area (Å²) < 4.78 is 81.2. The molecule has 1 fully saturated rings. The standard InChI is InChI=1S/C23H25BrF6N4O2/c1-3-17-8-19(9-18(4-2)34(17)21(35)36)33(20-31-10-16(24)11-32-20)12-13-5-14(22(25,26)27)7-15(6-13)23(28,29)30/h5-7,10-11,17-19H,3-4,8-9,12H2,1-2H3,(H,35,36). The van der Waals surface area contributed by atoms with Crippen LogP contribution in [0.3, 0.4) is 0 Å². The van der Waals surface area contributed by atoms with Crippen LogP contribution in [0, 0.1) is 0 Å². The number of alkyl halides is 6. The number of rotatable bonds is 6. The average molecular weight is 583 g/mol. The molecular weight excluding hydrogens is 558 g/mol. The van der Waals surface area contributed by atoms with E-state index >= 15 is 0 Å². The van der Waals surface area contributed by atoms with Crippen LogP contribution in [0.15, 0.2) is 35.1 Å². The molecule has 2 aromatic rings. The number of halogens is 7. The molecule has 2 heterocycles. The second kappa shape index (κ2) is 10.8. The summed E-state index contributed by atoms with van der Waals surface area (Å²) in [4.78, 5) is 23.4. The molecule has 0 saturated carbocycles. The van der Waals surface area contributed by atoms with Gasteiger partial charge in [-0.05, 0) is 65.4 Å². The minimum atomic E-state index is -4.97. The maximum Gasteiger partial charge on any atom is 0.416 e. The Labute approximate surface area is 212 Å². The van der Waals surface area contributed by atoms with E-state index in [1.807, 2.05) is 13.8 Å². The minimum Gasteiger partial charge on any atom is -0.465 e. The molecule has 1 aliphatic heterocycles. The monoisotopic (exact) mass is 582 g/mol. The summed E-state index contributed by atoms with van der Waals surface area (Å²) in [7, 11) is 0. The molecule has 6 nitrogen and oxygen atoms in total. The number of benzene rings is 1. The fraction of sp³-hybridized carbons (Fsp3) is 0.522. The molecule has 1 amide bonds. The van der Waals surface area contributed by atoms with Crippen LogP contribution in [0.4, 0.5) is 37.1 Å². The van der Waals surface area contributed by atoms with Gasteiger partial charge in [0, 0.05) is 37.1 Å². The molecule has 1 aromatic heterocycles. The Hall–Kier alpha value is -2.57. The number of hydrogen-bond acceptors (Lipinski definition) is 4. The van der Waals surface area contributed by atoms with Crippen LogP contribution in [0.2, 0.25) is 0 Å². The molecule has 0 bridgehead atoms. The second-order valence-corrected chi connectivity index (χ2v) is 9.60. The first-order valence-electron chi connectivity index (χ1n) is 11.3. The Kier molecular flexibility index (Phi) is 8.41. The van der Waals surface area contributed by atoms with E-state index in [1.54, 1.807) is 4.90 Å². The highest BCUT2D eigenvalue weighted by Crippen LogP contribution is 2.38. The van der Waals surface area contributed by atoms with Gasteiger partial charge in [-0.1, -0.05) is 13.8 Å². The maximum absolute atomic E-state index is 13.4. The number of carboxylic acid groups (broad SMARTS) is 1. The van der Waals surface area contributed by atoms with Crippen molar-refractivity contribution in [3.63, 3.8) is 0 Å². The van der Waals surface area contributed by atoms with E-state index in [9.17, 15) is 36.2 Å². The zero-order valence-electron chi connectivity index (χ0n) is 19.4. The molecule has 0 radical (unpaired) electrons. The summed E-state index contributed by atoms with van der Waals surface area (Å²) in [5.74, 6) is 0.127. The predicted octanol–water partition coefficient (Wildman–Crippen LogP) is 6.98. The highest BCUT2D eigenvalue weighted by Gasteiger charge is 2.41. The molecule has 3 rings (SSSR count). The van der Waals surface area contributed by atoms with Gasteiger partial charge in [-0.25, -0.2) is 14.8 Å². The van der Waals surface area contributed by atoms with Crippen LogP contribution in [-0.2, 0) is 18.9 Å². The fourth-order valence-electron chi connectivity index (χ4n) is 4.67. The number of piperidine rings is 1. The predicted molar refractivity (Wildman–Crippen MR) is 123 cm³/mol. The first-order valence-corrected chi connectivity index (χ1v) is 12.1. The molecular formula is C23H25BrF6N4O2. The van der Waals surface area contributed by atoms with Crippen LogP contribution >= 0.6 is 15.9 Å². The normalized spacial score (nSPS) is 20.9. The number of carbonyl (C=O) groups is 1. The Balaban J connectivity index is 2.07. The molecule has 2 unspecified atom stereocenters. The van der Waals surface area contributed by atoms with Crippen molar-refractivity contribution in [1.82, 2.24) is 14.9 Å². The molecule has 1 aromatic carbocycles. The second-order valence-electron chi connectivity index (χ2n) is 8.68. The van der Waals surface area contributed by atoms with Crippen molar-refractivity contribution in [2.45, 2.75) is 76.6 Å². The molecule has 198 valence electrons. The third kappa shape index (κ3) is 6.40. The van der Waals surface area contributed by atoms with Gasteiger partial charge in [-0.15, -0.1) is 0 Å². The lowest BCUT2D eigenvalue weighted by molar-refractivity contribution is -0.143. The van der Waals surface area contributed by atoms with Crippen molar-refractivity contribution in [3.8, 4) is 0 Å². The van der Waals surface area contributed by atoms with Gasteiger partial charge < -0.3 is 14.9 Å². The number of nitrogens with zero attached hydrogens (tertiary/aromatic N) is 4. The van der Waals surface area contributed by atoms with Crippen molar-refractivity contribution < 1.29 is 36.2 Å². The quantitative estimate of drug-likeness (QED) is 0.372. The lowest BCUT2D eigenvalue weighted by Gasteiger charge is -2.46. The first kappa shape index (κ1) is 28.0. The van der Waals surface area contributed by atoms with E-state index in [0.717, 1.165) is 0 Å². The van der Waals surface area contributed by atoms with Crippen LogP contribution in [0.5, 0.6) is 0 Å². The molecule has 0 spiro atoms. The SMILES string of the molecule is CCC1CC(N(Cc2cc(C(F)(F)F)cc(C(F)(F)F)c2)c2ncc(Br)cn2)CC(CC)N1C(=O)O. The van der Waals surface area contributed by atoms with Crippen molar-refractivity contribution >= 4 is 28.0 Å². The summed E-state index contributed by atoms with van der Waals surface area (Å²) in [5, 5.41) is 9.73. The minimum absolute atomic E-state index is 0.0928. The van der Waals surface area contributed by atoms with E-state index < -0.39 is 35.6 Å². The molecule has 13 heteroatoms. The van der Waals surface area contributed by atoms with E-state index in [0.29, 0.717) is 42.3 Å². The Morgan fingerprint density at radius 3 is 1.86 bits per heavy atom. The fourth-order valence-corrected chi connectivity index (χ4v) is 4.87. The van der Waals surface area contributed by atoms with Crippen molar-refractivity contribution in [2.24, 2.45) is 0 Å². The van der Waals surface area contributed by atoms with Crippen molar-refractivity contribution in [1.29, 1.82) is 0 Å². The van der Waals surface area contributed by atoms with Crippen LogP contribution in [-0.4, -0.2) is 44.2 Å². The van der Waals surface area contributed by atoms with E-state index in [4.69, 9.17) is 0 Å². The molecule has 36 heavy (non-hydrogen) atoms. The Morgan fingerprint density at radius 1 is 1.00 bits per heavy atom. The van der Waals surface area contributed by atoms with Gasteiger partial charge in [-0.3, -0.25) is 0 Å². The number of anilines is 1. The molecule has 1 saturated heterocycles. The van der Waals surface area contributed by atoms with Crippen LogP contribution < -0.4 is 4.90 Å². The number of hydrogen-bond donors (Lipinski definition) is 1. The van der Waals surface area contributed by atoms with E-state index in [-0.39, 0.29) is 36.2 Å². The molecule has 1 aliphatic rings. The van der Waals surface area contributed by atoms with Gasteiger partial charge in [0.25, 0.3) is 0 Å². The van der Waals surface area contributed by atoms with Crippen LogP contribution in [0.25, 0.3) is 0 Å². The van der Waals surface area contributed by atoms with Gasteiger partial charge >= 0.3 is 18.4 Å². The number of likely N-dealkylation sites (tertiary alicyclic amines) is 1. The Morgan fingerprint density at radius 2 is 1.47 bits per heavy atom. The summed E-state index contributed by atoms with van der Waals surface area (Å²) in [6, 6.07) is 0.313. The largest absolute Gasteiger partial charge is 0.465 e. The third-order valence-electron chi connectivity index (χ3n) is 6.34. The van der Waals surface area contributed by atoms with Gasteiger partial charge in [0.1, 0.15) is 0 Å². The third-order valence-corrected chi connectivity index (χ3v) is 6.75.